The summed E-state index contributed by atoms with van der Waals surface area (Å²) in [5.74, 6) is -0.124. The van der Waals surface area contributed by atoms with Crippen LogP contribution in [0.25, 0.3) is 0 Å². The van der Waals surface area contributed by atoms with Gasteiger partial charge < -0.3 is 9.64 Å². The van der Waals surface area contributed by atoms with E-state index in [1.54, 1.807) is 18.2 Å². The van der Waals surface area contributed by atoms with Crippen LogP contribution in [0.2, 0.25) is 0 Å². The fraction of sp³-hybridized carbons (Fsp3) is 0.533. The van der Waals surface area contributed by atoms with E-state index in [1.807, 2.05) is 30.3 Å². The lowest BCUT2D eigenvalue weighted by atomic mass is 10.2. The van der Waals surface area contributed by atoms with Gasteiger partial charge in [-0.15, -0.1) is 0 Å². The topological polar surface area (TPSA) is 53.6 Å². The lowest BCUT2D eigenvalue weighted by molar-refractivity contribution is -0.145. The predicted molar refractivity (Wildman–Crippen MR) is 121 cm³/mol. The Morgan fingerprint density at radius 3 is 2.25 bits per heavy atom. The zero-order valence-corrected chi connectivity index (χ0v) is 19.3. The van der Waals surface area contributed by atoms with Crippen LogP contribution in [0.5, 0.6) is 0 Å². The van der Waals surface area contributed by atoms with Crippen LogP contribution in [0.15, 0.2) is 30.3 Å². The summed E-state index contributed by atoms with van der Waals surface area (Å²) in [6, 6.07) is 9.78. The van der Waals surface area contributed by atoms with E-state index in [1.165, 1.54) is 0 Å². The van der Waals surface area contributed by atoms with Crippen LogP contribution in [0.1, 0.15) is 18.4 Å². The molecule has 0 aliphatic rings. The lowest BCUT2D eigenvalue weighted by Crippen LogP contribution is -2.35. The number of halogens is 2. The Balaban J connectivity index is 2.20. The van der Waals surface area contributed by atoms with E-state index in [4.69, 9.17) is 4.74 Å². The minimum absolute atomic E-state index is 0.124. The fourth-order valence-electron chi connectivity index (χ4n) is 2.08. The van der Waals surface area contributed by atoms with Gasteiger partial charge in [-0.2, -0.15) is 0 Å². The molecule has 9 heteroatoms. The van der Waals surface area contributed by atoms with Crippen LogP contribution >= 0.6 is 60.6 Å². The van der Waals surface area contributed by atoms with Crippen molar-refractivity contribution in [1.82, 2.24) is 14.3 Å². The summed E-state index contributed by atoms with van der Waals surface area (Å²) in [5.41, 5.74) is 1.03. The van der Waals surface area contributed by atoms with Crippen molar-refractivity contribution in [3.63, 3.8) is 0 Å². The molecule has 0 radical (unpaired) electrons. The predicted octanol–water partition coefficient (Wildman–Crippen LogP) is 3.99. The molecular formula is C15H23I2N3O2S2. The Hall–Kier alpha value is 0.730. The molecule has 1 aromatic rings. The molecule has 0 aliphatic heterocycles. The standard InChI is InChI=1S/C15H23I2N3O2S2/c16-23-18-8-11-20(12-9-19-24-17)10-4-7-15(21)22-13-14-5-2-1-3-6-14/h1-3,5-6,18-19H,4,7-13H2. The van der Waals surface area contributed by atoms with Crippen molar-refractivity contribution in [3.8, 4) is 0 Å². The average molecular weight is 595 g/mol. The number of hydrogen-bond donors (Lipinski definition) is 2. The van der Waals surface area contributed by atoms with Gasteiger partial charge in [0.25, 0.3) is 0 Å². The highest BCUT2D eigenvalue weighted by molar-refractivity contribution is 14.2. The molecule has 1 aromatic carbocycles. The van der Waals surface area contributed by atoms with E-state index in [0.717, 1.165) is 44.7 Å². The molecule has 0 atom stereocenters. The van der Waals surface area contributed by atoms with E-state index in [0.29, 0.717) is 13.0 Å². The number of rotatable bonds is 14. The van der Waals surface area contributed by atoms with Crippen LogP contribution < -0.4 is 9.44 Å². The van der Waals surface area contributed by atoms with Gasteiger partial charge in [0.1, 0.15) is 6.61 Å². The van der Waals surface area contributed by atoms with Gasteiger partial charge in [-0.25, -0.2) is 0 Å². The maximum atomic E-state index is 11.8. The van der Waals surface area contributed by atoms with Gasteiger partial charge in [-0.1, -0.05) is 30.3 Å². The molecule has 0 fully saturated rings. The largest absolute Gasteiger partial charge is 0.461 e. The van der Waals surface area contributed by atoms with Gasteiger partial charge in [0.15, 0.2) is 0 Å². The van der Waals surface area contributed by atoms with E-state index in [-0.39, 0.29) is 5.97 Å². The lowest BCUT2D eigenvalue weighted by Gasteiger charge is -2.21. The Bertz CT molecular complexity index is 434. The van der Waals surface area contributed by atoms with Crippen molar-refractivity contribution in [3.05, 3.63) is 35.9 Å². The van der Waals surface area contributed by atoms with Crippen molar-refractivity contribution in [2.75, 3.05) is 32.7 Å². The van der Waals surface area contributed by atoms with Crippen molar-refractivity contribution in [1.29, 1.82) is 0 Å². The molecule has 0 heterocycles. The van der Waals surface area contributed by atoms with E-state index in [2.05, 4.69) is 56.8 Å². The SMILES string of the molecule is O=C(CCCN(CCNSI)CCNSI)OCc1ccccc1. The van der Waals surface area contributed by atoms with E-state index in [9.17, 15) is 4.79 Å². The van der Waals surface area contributed by atoms with Crippen LogP contribution in [0.4, 0.5) is 0 Å². The Morgan fingerprint density at radius 2 is 1.67 bits per heavy atom. The maximum absolute atomic E-state index is 11.8. The summed E-state index contributed by atoms with van der Waals surface area (Å²) < 4.78 is 11.8. The quantitative estimate of drug-likeness (QED) is 0.146. The number of carbonyl (C=O) groups excluding carboxylic acids is 1. The second-order valence-corrected chi connectivity index (χ2v) is 8.56. The van der Waals surface area contributed by atoms with Crippen LogP contribution in [-0.2, 0) is 16.1 Å². The molecule has 0 aromatic heterocycles. The second kappa shape index (κ2) is 15.9. The summed E-state index contributed by atoms with van der Waals surface area (Å²) in [5, 5.41) is 0. The summed E-state index contributed by atoms with van der Waals surface area (Å²) in [7, 11) is 3.21. The van der Waals surface area contributed by atoms with E-state index < -0.39 is 0 Å². The van der Waals surface area contributed by atoms with E-state index >= 15 is 0 Å². The number of esters is 1. The summed E-state index contributed by atoms with van der Waals surface area (Å²) in [6.07, 6.45) is 1.29. The first-order valence-electron chi connectivity index (χ1n) is 7.69. The molecule has 0 spiro atoms. The zero-order valence-electron chi connectivity index (χ0n) is 13.4. The van der Waals surface area contributed by atoms with Crippen molar-refractivity contribution in [2.45, 2.75) is 19.4 Å². The first kappa shape index (κ1) is 22.8. The molecule has 136 valence electrons. The molecule has 1 rings (SSSR count). The smallest absolute Gasteiger partial charge is 0.306 e. The van der Waals surface area contributed by atoms with Crippen molar-refractivity contribution >= 4 is 66.6 Å². The Kier molecular flexibility index (Phi) is 15.1. The van der Waals surface area contributed by atoms with Crippen LogP contribution in [0, 0.1) is 0 Å². The molecule has 0 unspecified atom stereocenters. The molecular weight excluding hydrogens is 572 g/mol. The van der Waals surface area contributed by atoms with Crippen molar-refractivity contribution in [2.24, 2.45) is 0 Å². The third-order valence-electron chi connectivity index (χ3n) is 3.27. The molecule has 0 bridgehead atoms. The number of nitrogens with zero attached hydrogens (tertiary/aromatic N) is 1. The van der Waals surface area contributed by atoms with Gasteiger partial charge in [0.05, 0.1) is 0 Å². The number of hydrogen-bond acceptors (Lipinski definition) is 7. The van der Waals surface area contributed by atoms with Gasteiger partial charge in [-0.05, 0) is 36.8 Å². The van der Waals surface area contributed by atoms with Gasteiger partial charge >= 0.3 is 5.97 Å². The highest BCUT2D eigenvalue weighted by Gasteiger charge is 2.08. The number of benzene rings is 1. The molecule has 5 nitrogen and oxygen atoms in total. The van der Waals surface area contributed by atoms with Crippen LogP contribution in [0.3, 0.4) is 0 Å². The molecule has 0 saturated heterocycles. The molecule has 0 amide bonds. The Labute approximate surface area is 177 Å². The normalized spacial score (nSPS) is 11.0. The van der Waals surface area contributed by atoms with Gasteiger partial charge in [-0.3, -0.25) is 14.2 Å². The molecule has 0 saturated carbocycles. The first-order chi connectivity index (χ1) is 11.8. The molecule has 2 N–H and O–H groups in total. The highest BCUT2D eigenvalue weighted by Crippen LogP contribution is 2.06. The summed E-state index contributed by atoms with van der Waals surface area (Å²) >= 11 is 4.46. The maximum Gasteiger partial charge on any atom is 0.306 e. The fourth-order valence-corrected chi connectivity index (χ4v) is 3.74. The van der Waals surface area contributed by atoms with Crippen molar-refractivity contribution < 1.29 is 9.53 Å². The van der Waals surface area contributed by atoms with Gasteiger partial charge in [0, 0.05) is 75.0 Å². The number of nitrogens with one attached hydrogen (secondary N) is 2. The monoisotopic (exact) mass is 595 g/mol. The third-order valence-corrected chi connectivity index (χ3v) is 5.76. The minimum atomic E-state index is -0.124. The third kappa shape index (κ3) is 12.1. The zero-order chi connectivity index (χ0) is 17.5. The van der Waals surface area contributed by atoms with Crippen LogP contribution in [-0.4, -0.2) is 43.6 Å². The highest BCUT2D eigenvalue weighted by atomic mass is 127. The van der Waals surface area contributed by atoms with Gasteiger partial charge in [0.2, 0.25) is 0 Å². The second-order valence-electron chi connectivity index (χ2n) is 5.03. The average Bonchev–Trinajstić information content (AvgIpc) is 2.61. The Morgan fingerprint density at radius 1 is 1.04 bits per heavy atom. The number of carbonyl (C=O) groups is 1. The summed E-state index contributed by atoms with van der Waals surface area (Å²) in [4.78, 5) is 14.2. The number of ether oxygens (including phenoxy) is 1. The molecule has 0 aliphatic carbocycles. The minimum Gasteiger partial charge on any atom is -0.461 e. The first-order valence-corrected chi connectivity index (χ1v) is 14.4. The molecule has 24 heavy (non-hydrogen) atoms. The summed E-state index contributed by atoms with van der Waals surface area (Å²) in [6.45, 7) is 5.08.